The number of hydrogen-bond donors (Lipinski definition) is 2. The summed E-state index contributed by atoms with van der Waals surface area (Å²) in [6.07, 6.45) is 0. The van der Waals surface area contributed by atoms with Crippen molar-refractivity contribution in [3.63, 3.8) is 0 Å². The van der Waals surface area contributed by atoms with Gasteiger partial charge < -0.3 is 10.6 Å². The van der Waals surface area contributed by atoms with Gasteiger partial charge in [-0.3, -0.25) is 4.79 Å². The van der Waals surface area contributed by atoms with Crippen molar-refractivity contribution in [2.45, 2.75) is 6.54 Å². The zero-order valence-corrected chi connectivity index (χ0v) is 11.2. The summed E-state index contributed by atoms with van der Waals surface area (Å²) in [6.45, 7) is 0.521. The minimum atomic E-state index is -0.148. The minimum absolute atomic E-state index is 0.148. The first-order valence-corrected chi connectivity index (χ1v) is 6.43. The molecule has 1 aromatic heterocycles. The van der Waals surface area contributed by atoms with Gasteiger partial charge in [-0.2, -0.15) is 0 Å². The van der Waals surface area contributed by atoms with Gasteiger partial charge in [0.2, 0.25) is 0 Å². The standard InChI is InChI=1S/C11H11ClN4OS/c1-13-11(17)7-2-3-9(12)10(4-7)14-5-8-6-18-16-15-8/h2-4,6,14H,5H2,1H3,(H,13,17). The minimum Gasteiger partial charge on any atom is -0.378 e. The molecule has 0 saturated heterocycles. The van der Waals surface area contributed by atoms with Crippen LogP contribution in [0.1, 0.15) is 16.1 Å². The third-order valence-corrected chi connectivity index (χ3v) is 3.20. The van der Waals surface area contributed by atoms with Crippen LogP contribution in [0.25, 0.3) is 0 Å². The average Bonchev–Trinajstić information content (AvgIpc) is 2.90. The Morgan fingerprint density at radius 3 is 3.00 bits per heavy atom. The van der Waals surface area contributed by atoms with Gasteiger partial charge in [-0.05, 0) is 29.7 Å². The predicted molar refractivity (Wildman–Crippen MR) is 72.1 cm³/mol. The number of amides is 1. The second-order valence-electron chi connectivity index (χ2n) is 3.52. The molecule has 0 unspecified atom stereocenters. The number of benzene rings is 1. The Morgan fingerprint density at radius 2 is 2.33 bits per heavy atom. The van der Waals surface area contributed by atoms with Crippen LogP contribution < -0.4 is 10.6 Å². The van der Waals surface area contributed by atoms with E-state index in [0.717, 1.165) is 5.69 Å². The third kappa shape index (κ3) is 2.96. The number of nitrogens with one attached hydrogen (secondary N) is 2. The van der Waals surface area contributed by atoms with E-state index in [1.165, 1.54) is 11.5 Å². The first-order chi connectivity index (χ1) is 8.70. The first-order valence-electron chi connectivity index (χ1n) is 5.22. The van der Waals surface area contributed by atoms with E-state index in [-0.39, 0.29) is 5.91 Å². The lowest BCUT2D eigenvalue weighted by Crippen LogP contribution is -2.17. The monoisotopic (exact) mass is 282 g/mol. The molecule has 7 heteroatoms. The van der Waals surface area contributed by atoms with Gasteiger partial charge in [-0.15, -0.1) is 5.10 Å². The smallest absolute Gasteiger partial charge is 0.251 e. The van der Waals surface area contributed by atoms with Gasteiger partial charge in [0.15, 0.2) is 0 Å². The van der Waals surface area contributed by atoms with E-state index in [0.29, 0.717) is 22.8 Å². The van der Waals surface area contributed by atoms with E-state index in [1.807, 2.05) is 5.38 Å². The van der Waals surface area contributed by atoms with Crippen molar-refractivity contribution in [1.29, 1.82) is 0 Å². The van der Waals surface area contributed by atoms with Crippen molar-refractivity contribution in [3.05, 3.63) is 39.9 Å². The number of carbonyl (C=O) groups is 1. The van der Waals surface area contributed by atoms with Crippen LogP contribution >= 0.6 is 23.1 Å². The highest BCUT2D eigenvalue weighted by Crippen LogP contribution is 2.23. The van der Waals surface area contributed by atoms with Gasteiger partial charge in [0.1, 0.15) is 0 Å². The van der Waals surface area contributed by atoms with E-state index in [4.69, 9.17) is 11.6 Å². The van der Waals surface area contributed by atoms with E-state index in [1.54, 1.807) is 25.2 Å². The summed E-state index contributed by atoms with van der Waals surface area (Å²) < 4.78 is 3.77. The molecule has 0 atom stereocenters. The molecule has 2 rings (SSSR count). The summed E-state index contributed by atoms with van der Waals surface area (Å²) in [5.41, 5.74) is 2.09. The number of aromatic nitrogens is 2. The molecular weight excluding hydrogens is 272 g/mol. The fourth-order valence-electron chi connectivity index (χ4n) is 1.39. The highest BCUT2D eigenvalue weighted by molar-refractivity contribution is 7.03. The zero-order chi connectivity index (χ0) is 13.0. The molecule has 0 bridgehead atoms. The molecule has 5 nitrogen and oxygen atoms in total. The van der Waals surface area contributed by atoms with Crippen LogP contribution in [-0.2, 0) is 6.54 Å². The van der Waals surface area contributed by atoms with Gasteiger partial charge in [0, 0.05) is 18.0 Å². The Hall–Kier alpha value is -1.66. The Bertz CT molecular complexity index is 544. The highest BCUT2D eigenvalue weighted by atomic mass is 35.5. The lowest BCUT2D eigenvalue weighted by atomic mass is 10.2. The van der Waals surface area contributed by atoms with Crippen molar-refractivity contribution in [1.82, 2.24) is 14.9 Å². The van der Waals surface area contributed by atoms with Crippen LogP contribution in [0.15, 0.2) is 23.6 Å². The quantitative estimate of drug-likeness (QED) is 0.902. The number of anilines is 1. The average molecular weight is 283 g/mol. The van der Waals surface area contributed by atoms with Crippen LogP contribution in [0.2, 0.25) is 5.02 Å². The number of halogens is 1. The molecule has 1 aromatic carbocycles. The lowest BCUT2D eigenvalue weighted by Gasteiger charge is -2.08. The van der Waals surface area contributed by atoms with E-state index < -0.39 is 0 Å². The number of carbonyl (C=O) groups excluding carboxylic acids is 1. The molecule has 1 amide bonds. The molecule has 0 aliphatic rings. The van der Waals surface area contributed by atoms with Gasteiger partial charge in [0.05, 0.1) is 22.9 Å². The maximum atomic E-state index is 11.5. The lowest BCUT2D eigenvalue weighted by molar-refractivity contribution is 0.0963. The summed E-state index contributed by atoms with van der Waals surface area (Å²) in [5, 5.41) is 12.0. The summed E-state index contributed by atoms with van der Waals surface area (Å²) in [7, 11) is 1.59. The number of hydrogen-bond acceptors (Lipinski definition) is 5. The molecule has 0 aliphatic heterocycles. The fourth-order valence-corrected chi connectivity index (χ4v) is 2.03. The zero-order valence-electron chi connectivity index (χ0n) is 9.61. The van der Waals surface area contributed by atoms with Crippen molar-refractivity contribution in [2.24, 2.45) is 0 Å². The van der Waals surface area contributed by atoms with Crippen LogP contribution in [0.5, 0.6) is 0 Å². The Balaban J connectivity index is 2.13. The molecule has 2 N–H and O–H groups in total. The normalized spacial score (nSPS) is 10.1. The van der Waals surface area contributed by atoms with Crippen molar-refractivity contribution >= 4 is 34.7 Å². The van der Waals surface area contributed by atoms with Crippen LogP contribution in [0, 0.1) is 0 Å². The van der Waals surface area contributed by atoms with Crippen LogP contribution in [0.3, 0.4) is 0 Å². The van der Waals surface area contributed by atoms with Crippen LogP contribution in [0.4, 0.5) is 5.69 Å². The SMILES string of the molecule is CNC(=O)c1ccc(Cl)c(NCc2csnn2)c1. The molecule has 1 heterocycles. The molecule has 2 aromatic rings. The highest BCUT2D eigenvalue weighted by Gasteiger charge is 2.07. The summed E-state index contributed by atoms with van der Waals surface area (Å²) in [4.78, 5) is 11.5. The topological polar surface area (TPSA) is 66.9 Å². The third-order valence-electron chi connectivity index (χ3n) is 2.32. The van der Waals surface area contributed by atoms with Crippen LogP contribution in [-0.4, -0.2) is 22.5 Å². The Kier molecular flexibility index (Phi) is 4.11. The molecule has 18 heavy (non-hydrogen) atoms. The molecule has 0 spiro atoms. The maximum absolute atomic E-state index is 11.5. The number of nitrogens with zero attached hydrogens (tertiary/aromatic N) is 2. The van der Waals surface area contributed by atoms with Gasteiger partial charge in [0.25, 0.3) is 5.91 Å². The molecule has 0 fully saturated rings. The van der Waals surface area contributed by atoms with E-state index in [2.05, 4.69) is 20.2 Å². The number of rotatable bonds is 4. The fraction of sp³-hybridized carbons (Fsp3) is 0.182. The predicted octanol–water partition coefficient (Wildman–Crippen LogP) is 2.16. The molecule has 94 valence electrons. The largest absolute Gasteiger partial charge is 0.378 e. The molecule has 0 saturated carbocycles. The van der Waals surface area contributed by atoms with Gasteiger partial charge in [-0.1, -0.05) is 16.1 Å². The Labute approximate surface area is 113 Å². The summed E-state index contributed by atoms with van der Waals surface area (Å²) in [6, 6.07) is 5.07. The van der Waals surface area contributed by atoms with Crippen molar-refractivity contribution in [3.8, 4) is 0 Å². The first kappa shape index (κ1) is 12.8. The van der Waals surface area contributed by atoms with E-state index >= 15 is 0 Å². The second-order valence-corrected chi connectivity index (χ2v) is 4.54. The molecular formula is C11H11ClN4OS. The summed E-state index contributed by atoms with van der Waals surface area (Å²) in [5.74, 6) is -0.148. The van der Waals surface area contributed by atoms with Crippen molar-refractivity contribution in [2.75, 3.05) is 12.4 Å². The molecule has 0 aliphatic carbocycles. The van der Waals surface area contributed by atoms with Gasteiger partial charge in [-0.25, -0.2) is 0 Å². The molecule has 0 radical (unpaired) electrons. The Morgan fingerprint density at radius 1 is 1.50 bits per heavy atom. The maximum Gasteiger partial charge on any atom is 0.251 e. The van der Waals surface area contributed by atoms with Crippen molar-refractivity contribution < 1.29 is 4.79 Å². The van der Waals surface area contributed by atoms with Gasteiger partial charge >= 0.3 is 0 Å². The van der Waals surface area contributed by atoms with E-state index in [9.17, 15) is 4.79 Å². The summed E-state index contributed by atoms with van der Waals surface area (Å²) >= 11 is 7.35. The second kappa shape index (κ2) is 5.79.